The predicted molar refractivity (Wildman–Crippen MR) is 61.3 cm³/mol. The van der Waals surface area contributed by atoms with Crippen molar-refractivity contribution < 1.29 is 4.74 Å². The molecule has 0 saturated heterocycles. The van der Waals surface area contributed by atoms with E-state index in [1.165, 1.54) is 12.7 Å². The molecule has 0 aliphatic heterocycles. The molecule has 0 aromatic carbocycles. The molecule has 1 rings (SSSR count). The maximum absolute atomic E-state index is 5.86. The standard InChI is InChI=1S/C11H17ClN2O/c1-4-5-8(2)6-15-11-9(3)10(12)13-7-14-11/h7-8H,4-6H2,1-3H3. The van der Waals surface area contributed by atoms with Crippen LogP contribution in [-0.2, 0) is 0 Å². The number of nitrogens with zero attached hydrogens (tertiary/aromatic N) is 2. The van der Waals surface area contributed by atoms with E-state index < -0.39 is 0 Å². The average molecular weight is 229 g/mol. The molecule has 0 fully saturated rings. The van der Waals surface area contributed by atoms with E-state index in [1.54, 1.807) is 0 Å². The summed E-state index contributed by atoms with van der Waals surface area (Å²) in [5.74, 6) is 1.14. The number of rotatable bonds is 5. The summed E-state index contributed by atoms with van der Waals surface area (Å²) in [7, 11) is 0. The van der Waals surface area contributed by atoms with Gasteiger partial charge in [-0.25, -0.2) is 9.97 Å². The monoisotopic (exact) mass is 228 g/mol. The first-order valence-corrected chi connectivity index (χ1v) is 5.62. The van der Waals surface area contributed by atoms with Crippen LogP contribution in [0.3, 0.4) is 0 Å². The minimum atomic E-state index is 0.461. The topological polar surface area (TPSA) is 35.0 Å². The molecule has 1 aromatic heterocycles. The highest BCUT2D eigenvalue weighted by Crippen LogP contribution is 2.20. The second-order valence-electron chi connectivity index (χ2n) is 3.80. The maximum atomic E-state index is 5.86. The van der Waals surface area contributed by atoms with Gasteiger partial charge >= 0.3 is 0 Å². The quantitative estimate of drug-likeness (QED) is 0.726. The van der Waals surface area contributed by atoms with Crippen molar-refractivity contribution in [2.75, 3.05) is 6.61 Å². The SMILES string of the molecule is CCCC(C)COc1ncnc(Cl)c1C. The molecule has 0 radical (unpaired) electrons. The normalized spacial score (nSPS) is 12.5. The second-order valence-corrected chi connectivity index (χ2v) is 4.16. The van der Waals surface area contributed by atoms with Crippen LogP contribution in [0.4, 0.5) is 0 Å². The molecule has 0 bridgehead atoms. The van der Waals surface area contributed by atoms with Gasteiger partial charge in [-0.2, -0.15) is 0 Å². The Kier molecular flexibility index (Phi) is 4.82. The first-order valence-electron chi connectivity index (χ1n) is 5.25. The summed E-state index contributed by atoms with van der Waals surface area (Å²) in [5.41, 5.74) is 0.808. The second kappa shape index (κ2) is 5.91. The Bertz CT molecular complexity index is 317. The van der Waals surface area contributed by atoms with Crippen LogP contribution in [0.5, 0.6) is 5.88 Å². The molecule has 0 spiro atoms. The van der Waals surface area contributed by atoms with E-state index in [1.807, 2.05) is 6.92 Å². The smallest absolute Gasteiger partial charge is 0.220 e. The van der Waals surface area contributed by atoms with Gasteiger partial charge in [0.05, 0.1) is 6.61 Å². The van der Waals surface area contributed by atoms with Crippen molar-refractivity contribution in [3.05, 3.63) is 17.0 Å². The fourth-order valence-electron chi connectivity index (χ4n) is 1.36. The summed E-state index contributed by atoms with van der Waals surface area (Å²) in [5, 5.41) is 0.461. The van der Waals surface area contributed by atoms with Gasteiger partial charge in [-0.1, -0.05) is 31.9 Å². The van der Waals surface area contributed by atoms with E-state index in [0.29, 0.717) is 23.6 Å². The van der Waals surface area contributed by atoms with E-state index in [0.717, 1.165) is 12.0 Å². The highest BCUT2D eigenvalue weighted by atomic mass is 35.5. The van der Waals surface area contributed by atoms with Gasteiger partial charge in [0.2, 0.25) is 5.88 Å². The molecule has 1 aromatic rings. The number of aromatic nitrogens is 2. The summed E-state index contributed by atoms with van der Waals surface area (Å²) in [6.45, 7) is 6.88. The fraction of sp³-hybridized carbons (Fsp3) is 0.636. The van der Waals surface area contributed by atoms with E-state index in [-0.39, 0.29) is 0 Å². The Morgan fingerprint density at radius 1 is 1.47 bits per heavy atom. The zero-order valence-corrected chi connectivity index (χ0v) is 10.2. The first-order chi connectivity index (χ1) is 7.15. The highest BCUT2D eigenvalue weighted by molar-refractivity contribution is 6.30. The zero-order chi connectivity index (χ0) is 11.3. The third-order valence-electron chi connectivity index (χ3n) is 2.26. The van der Waals surface area contributed by atoms with E-state index in [2.05, 4.69) is 23.8 Å². The van der Waals surface area contributed by atoms with Crippen LogP contribution in [0, 0.1) is 12.8 Å². The number of hydrogen-bond acceptors (Lipinski definition) is 3. The lowest BCUT2D eigenvalue weighted by Crippen LogP contribution is -2.10. The van der Waals surface area contributed by atoms with Crippen molar-refractivity contribution in [3.63, 3.8) is 0 Å². The Morgan fingerprint density at radius 3 is 2.87 bits per heavy atom. The Hall–Kier alpha value is -0.830. The summed E-state index contributed by atoms with van der Waals surface area (Å²) in [6.07, 6.45) is 3.76. The van der Waals surface area contributed by atoms with Gasteiger partial charge < -0.3 is 4.74 Å². The minimum Gasteiger partial charge on any atom is -0.477 e. The van der Waals surface area contributed by atoms with Gasteiger partial charge in [0, 0.05) is 5.56 Å². The van der Waals surface area contributed by atoms with Crippen LogP contribution >= 0.6 is 11.6 Å². The Labute approximate surface area is 95.8 Å². The lowest BCUT2D eigenvalue weighted by Gasteiger charge is -2.12. The molecular formula is C11H17ClN2O. The fourth-order valence-corrected chi connectivity index (χ4v) is 1.48. The molecule has 0 N–H and O–H groups in total. The van der Waals surface area contributed by atoms with Crippen LogP contribution in [0.25, 0.3) is 0 Å². The third kappa shape index (κ3) is 3.67. The predicted octanol–water partition coefficient (Wildman–Crippen LogP) is 3.25. The molecule has 1 heterocycles. The summed E-state index contributed by atoms with van der Waals surface area (Å²) < 4.78 is 5.60. The van der Waals surface area contributed by atoms with E-state index >= 15 is 0 Å². The third-order valence-corrected chi connectivity index (χ3v) is 2.64. The van der Waals surface area contributed by atoms with Crippen LogP contribution < -0.4 is 4.74 Å². The molecule has 1 unspecified atom stereocenters. The molecule has 0 aliphatic rings. The summed E-state index contributed by atoms with van der Waals surface area (Å²) >= 11 is 5.86. The number of ether oxygens (including phenoxy) is 1. The van der Waals surface area contributed by atoms with E-state index in [4.69, 9.17) is 16.3 Å². The van der Waals surface area contributed by atoms with Gasteiger partial charge in [-0.15, -0.1) is 0 Å². The highest BCUT2D eigenvalue weighted by Gasteiger charge is 2.08. The van der Waals surface area contributed by atoms with Gasteiger partial charge in [0.15, 0.2) is 0 Å². The largest absolute Gasteiger partial charge is 0.477 e. The molecule has 0 aliphatic carbocycles. The first kappa shape index (κ1) is 12.2. The molecule has 0 amide bonds. The van der Waals surface area contributed by atoms with Crippen molar-refractivity contribution in [2.45, 2.75) is 33.6 Å². The number of hydrogen-bond donors (Lipinski definition) is 0. The lowest BCUT2D eigenvalue weighted by molar-refractivity contribution is 0.241. The van der Waals surface area contributed by atoms with Gasteiger partial charge in [-0.3, -0.25) is 0 Å². The molecule has 0 saturated carbocycles. The van der Waals surface area contributed by atoms with Gasteiger partial charge in [0.25, 0.3) is 0 Å². The van der Waals surface area contributed by atoms with Gasteiger partial charge in [0.1, 0.15) is 11.5 Å². The van der Waals surface area contributed by atoms with E-state index in [9.17, 15) is 0 Å². The minimum absolute atomic E-state index is 0.461. The average Bonchev–Trinajstić information content (AvgIpc) is 2.21. The Balaban J connectivity index is 2.54. The van der Waals surface area contributed by atoms with Crippen molar-refractivity contribution in [1.29, 1.82) is 0 Å². The molecule has 15 heavy (non-hydrogen) atoms. The van der Waals surface area contributed by atoms with Crippen LogP contribution in [-0.4, -0.2) is 16.6 Å². The summed E-state index contributed by atoms with van der Waals surface area (Å²) in [6, 6.07) is 0. The van der Waals surface area contributed by atoms with Crippen molar-refractivity contribution in [3.8, 4) is 5.88 Å². The maximum Gasteiger partial charge on any atom is 0.220 e. The van der Waals surface area contributed by atoms with Crippen LogP contribution in [0.1, 0.15) is 32.3 Å². The molecule has 4 heteroatoms. The molecular weight excluding hydrogens is 212 g/mol. The lowest BCUT2D eigenvalue weighted by atomic mass is 10.1. The zero-order valence-electron chi connectivity index (χ0n) is 9.46. The summed E-state index contributed by atoms with van der Waals surface area (Å²) in [4.78, 5) is 7.93. The molecule has 3 nitrogen and oxygen atoms in total. The van der Waals surface area contributed by atoms with Crippen LogP contribution in [0.15, 0.2) is 6.33 Å². The molecule has 84 valence electrons. The van der Waals surface area contributed by atoms with Crippen molar-refractivity contribution >= 4 is 11.6 Å². The number of halogens is 1. The van der Waals surface area contributed by atoms with Crippen LogP contribution in [0.2, 0.25) is 5.15 Å². The Morgan fingerprint density at radius 2 is 2.20 bits per heavy atom. The van der Waals surface area contributed by atoms with Crippen molar-refractivity contribution in [2.24, 2.45) is 5.92 Å². The van der Waals surface area contributed by atoms with Gasteiger partial charge in [-0.05, 0) is 19.3 Å². The molecule has 1 atom stereocenters. The van der Waals surface area contributed by atoms with Crippen molar-refractivity contribution in [1.82, 2.24) is 9.97 Å².